The number of carbonyl (C=O) groups is 2. The predicted molar refractivity (Wildman–Crippen MR) is 111 cm³/mol. The SMILES string of the molecule is CCNC(=O)[C@@H]1Cc2ccccc2N1C(=O)c1c(-c2ccccc2Cl)noc1C. The van der Waals surface area contributed by atoms with Crippen LogP contribution < -0.4 is 10.2 Å². The molecule has 0 spiro atoms. The number of hydrogen-bond acceptors (Lipinski definition) is 4. The first kappa shape index (κ1) is 19.2. The first-order valence-electron chi connectivity index (χ1n) is 9.43. The van der Waals surface area contributed by atoms with Crippen molar-refractivity contribution < 1.29 is 14.1 Å². The molecule has 0 radical (unpaired) electrons. The van der Waals surface area contributed by atoms with Crippen molar-refractivity contribution in [2.75, 3.05) is 11.4 Å². The Morgan fingerprint density at radius 3 is 2.69 bits per heavy atom. The summed E-state index contributed by atoms with van der Waals surface area (Å²) in [5.41, 5.74) is 2.96. The highest BCUT2D eigenvalue weighted by Gasteiger charge is 2.40. The van der Waals surface area contributed by atoms with E-state index < -0.39 is 6.04 Å². The molecule has 4 rings (SSSR count). The smallest absolute Gasteiger partial charge is 0.264 e. The van der Waals surface area contributed by atoms with Crippen molar-refractivity contribution in [3.05, 3.63) is 70.4 Å². The molecule has 148 valence electrons. The van der Waals surface area contributed by atoms with E-state index in [4.69, 9.17) is 16.1 Å². The minimum atomic E-state index is -0.631. The molecule has 3 aromatic rings. The Morgan fingerprint density at radius 1 is 1.21 bits per heavy atom. The summed E-state index contributed by atoms with van der Waals surface area (Å²) in [6, 6.07) is 14.1. The Bertz CT molecular complexity index is 1090. The fourth-order valence-electron chi connectivity index (χ4n) is 3.72. The molecule has 0 bridgehead atoms. The molecule has 2 heterocycles. The fourth-order valence-corrected chi connectivity index (χ4v) is 3.95. The van der Waals surface area contributed by atoms with Crippen molar-refractivity contribution >= 4 is 29.1 Å². The third-order valence-electron chi connectivity index (χ3n) is 5.05. The summed E-state index contributed by atoms with van der Waals surface area (Å²) in [4.78, 5) is 28.0. The second kappa shape index (κ2) is 7.72. The summed E-state index contributed by atoms with van der Waals surface area (Å²) in [5, 5.41) is 7.39. The van der Waals surface area contributed by atoms with E-state index in [9.17, 15) is 9.59 Å². The number of nitrogens with zero attached hydrogens (tertiary/aromatic N) is 2. The van der Waals surface area contributed by atoms with Crippen molar-refractivity contribution in [3.8, 4) is 11.3 Å². The van der Waals surface area contributed by atoms with Crippen LogP contribution in [0.15, 0.2) is 53.1 Å². The highest BCUT2D eigenvalue weighted by atomic mass is 35.5. The maximum absolute atomic E-state index is 13.7. The zero-order valence-electron chi connectivity index (χ0n) is 16.1. The number of halogens is 1. The highest BCUT2D eigenvalue weighted by molar-refractivity contribution is 6.33. The van der Waals surface area contributed by atoms with E-state index >= 15 is 0 Å². The molecular weight excluding hydrogens is 390 g/mol. The van der Waals surface area contributed by atoms with Gasteiger partial charge in [-0.2, -0.15) is 0 Å². The zero-order chi connectivity index (χ0) is 20.5. The maximum Gasteiger partial charge on any atom is 0.264 e. The molecule has 1 aromatic heterocycles. The molecule has 6 nitrogen and oxygen atoms in total. The molecular formula is C22H20ClN3O3. The lowest BCUT2D eigenvalue weighted by atomic mass is 10.0. The molecule has 1 atom stereocenters. The van der Waals surface area contributed by atoms with Gasteiger partial charge in [0.2, 0.25) is 5.91 Å². The van der Waals surface area contributed by atoms with Gasteiger partial charge in [0.15, 0.2) is 0 Å². The maximum atomic E-state index is 13.7. The number of amides is 2. The minimum absolute atomic E-state index is 0.189. The molecule has 0 saturated heterocycles. The van der Waals surface area contributed by atoms with E-state index in [-0.39, 0.29) is 11.8 Å². The second-order valence-electron chi connectivity index (χ2n) is 6.86. The van der Waals surface area contributed by atoms with Crippen molar-refractivity contribution in [2.45, 2.75) is 26.3 Å². The van der Waals surface area contributed by atoms with Gasteiger partial charge in [0, 0.05) is 24.2 Å². The first-order chi connectivity index (χ1) is 14.0. The largest absolute Gasteiger partial charge is 0.360 e. The molecule has 0 unspecified atom stereocenters. The number of benzene rings is 2. The Kier molecular flexibility index (Phi) is 5.11. The number of hydrogen-bond donors (Lipinski definition) is 1. The second-order valence-corrected chi connectivity index (χ2v) is 7.27. The van der Waals surface area contributed by atoms with E-state index in [1.54, 1.807) is 24.0 Å². The molecule has 0 saturated carbocycles. The van der Waals surface area contributed by atoms with E-state index in [1.165, 1.54) is 0 Å². The number of fused-ring (bicyclic) bond motifs is 1. The third kappa shape index (κ3) is 3.29. The monoisotopic (exact) mass is 409 g/mol. The summed E-state index contributed by atoms with van der Waals surface area (Å²) in [5.74, 6) is -0.144. The average molecular weight is 410 g/mol. The molecule has 7 heteroatoms. The van der Waals surface area contributed by atoms with Crippen LogP contribution in [-0.4, -0.2) is 29.6 Å². The third-order valence-corrected chi connectivity index (χ3v) is 5.38. The van der Waals surface area contributed by atoms with Gasteiger partial charge in [0.1, 0.15) is 23.1 Å². The standard InChI is InChI=1S/C22H20ClN3O3/c1-3-24-21(27)18-12-14-8-4-7-11-17(14)26(18)22(28)19-13(2)29-25-20(19)15-9-5-6-10-16(15)23/h4-11,18H,3,12H2,1-2H3,(H,24,27)/t18-/m0/s1. The van der Waals surface area contributed by atoms with Crippen molar-refractivity contribution in [3.63, 3.8) is 0 Å². The molecule has 0 aliphatic carbocycles. The van der Waals surface area contributed by atoms with Gasteiger partial charge in [-0.15, -0.1) is 0 Å². The summed E-state index contributed by atoms with van der Waals surface area (Å²) >= 11 is 6.34. The minimum Gasteiger partial charge on any atom is -0.360 e. The Labute approximate surface area is 173 Å². The van der Waals surface area contributed by atoms with Crippen molar-refractivity contribution in [2.24, 2.45) is 0 Å². The summed E-state index contributed by atoms with van der Waals surface area (Å²) < 4.78 is 5.36. The summed E-state index contributed by atoms with van der Waals surface area (Å²) in [6.07, 6.45) is 0.458. The van der Waals surface area contributed by atoms with E-state index in [0.29, 0.717) is 40.6 Å². The fraction of sp³-hybridized carbons (Fsp3) is 0.227. The van der Waals surface area contributed by atoms with Crippen LogP contribution in [0.1, 0.15) is 28.6 Å². The van der Waals surface area contributed by atoms with Gasteiger partial charge in [-0.25, -0.2) is 0 Å². The number of para-hydroxylation sites is 1. The van der Waals surface area contributed by atoms with Crippen molar-refractivity contribution in [1.82, 2.24) is 10.5 Å². The number of aryl methyl sites for hydroxylation is 1. The van der Waals surface area contributed by atoms with Crippen LogP contribution >= 0.6 is 11.6 Å². The van der Waals surface area contributed by atoms with Crippen LogP contribution in [0, 0.1) is 6.92 Å². The van der Waals surface area contributed by atoms with Crippen LogP contribution in [0.4, 0.5) is 5.69 Å². The van der Waals surface area contributed by atoms with Crippen LogP contribution in [0.5, 0.6) is 0 Å². The Morgan fingerprint density at radius 2 is 1.93 bits per heavy atom. The summed E-state index contributed by atoms with van der Waals surface area (Å²) in [7, 11) is 0. The molecule has 1 N–H and O–H groups in total. The Hall–Kier alpha value is -3.12. The number of carbonyl (C=O) groups excluding carboxylic acids is 2. The average Bonchev–Trinajstić information content (AvgIpc) is 3.29. The predicted octanol–water partition coefficient (Wildman–Crippen LogP) is 4.01. The summed E-state index contributed by atoms with van der Waals surface area (Å²) in [6.45, 7) is 4.03. The van der Waals surface area contributed by atoms with Crippen molar-refractivity contribution in [1.29, 1.82) is 0 Å². The van der Waals surface area contributed by atoms with Crippen LogP contribution in [0.2, 0.25) is 5.02 Å². The van der Waals surface area contributed by atoms with Crippen LogP contribution in [0.3, 0.4) is 0 Å². The van der Waals surface area contributed by atoms with E-state index in [2.05, 4.69) is 10.5 Å². The normalized spacial score (nSPS) is 15.3. The lowest BCUT2D eigenvalue weighted by Gasteiger charge is -2.25. The number of likely N-dealkylation sites (N-methyl/N-ethyl adjacent to an activating group) is 1. The Balaban J connectivity index is 1.82. The highest BCUT2D eigenvalue weighted by Crippen LogP contribution is 2.37. The van der Waals surface area contributed by atoms with Gasteiger partial charge in [-0.1, -0.05) is 53.2 Å². The van der Waals surface area contributed by atoms with Gasteiger partial charge in [0.25, 0.3) is 5.91 Å². The lowest BCUT2D eigenvalue weighted by molar-refractivity contribution is -0.122. The molecule has 2 amide bonds. The number of rotatable bonds is 4. The van der Waals surface area contributed by atoms with Gasteiger partial charge >= 0.3 is 0 Å². The molecule has 1 aliphatic heterocycles. The van der Waals surface area contributed by atoms with E-state index in [0.717, 1.165) is 11.3 Å². The van der Waals surface area contributed by atoms with Gasteiger partial charge in [-0.05, 0) is 31.5 Å². The van der Waals surface area contributed by atoms with Crippen LogP contribution in [0.25, 0.3) is 11.3 Å². The molecule has 2 aromatic carbocycles. The number of nitrogens with one attached hydrogen (secondary N) is 1. The molecule has 0 fully saturated rings. The van der Waals surface area contributed by atoms with E-state index in [1.807, 2.05) is 43.3 Å². The number of aromatic nitrogens is 1. The van der Waals surface area contributed by atoms with Gasteiger partial charge in [0.05, 0.1) is 5.02 Å². The zero-order valence-corrected chi connectivity index (χ0v) is 16.9. The molecule has 1 aliphatic rings. The molecule has 29 heavy (non-hydrogen) atoms. The number of anilines is 1. The quantitative estimate of drug-likeness (QED) is 0.706. The lowest BCUT2D eigenvalue weighted by Crippen LogP contribution is -2.48. The van der Waals surface area contributed by atoms with Gasteiger partial charge in [-0.3, -0.25) is 14.5 Å². The van der Waals surface area contributed by atoms with Gasteiger partial charge < -0.3 is 9.84 Å². The van der Waals surface area contributed by atoms with Crippen LogP contribution in [-0.2, 0) is 11.2 Å². The first-order valence-corrected chi connectivity index (χ1v) is 9.81. The topological polar surface area (TPSA) is 75.4 Å².